The molecule has 9 aromatic carbocycles. The topological polar surface area (TPSA) is 16.4 Å². The van der Waals surface area contributed by atoms with Gasteiger partial charge in [0.05, 0.1) is 5.69 Å². The first-order chi connectivity index (χ1) is 26.8. The Balaban J connectivity index is 1.18. The summed E-state index contributed by atoms with van der Waals surface area (Å²) in [5.74, 6) is 0. The van der Waals surface area contributed by atoms with Gasteiger partial charge in [-0.1, -0.05) is 152 Å². The number of fused-ring (bicyclic) bond motifs is 4. The van der Waals surface area contributed by atoms with Crippen molar-refractivity contribution >= 4 is 49.8 Å². The van der Waals surface area contributed by atoms with Crippen LogP contribution in [0.15, 0.2) is 217 Å². The van der Waals surface area contributed by atoms with Gasteiger partial charge in [-0.3, -0.25) is 0 Å². The molecule has 1 heterocycles. The molecular weight excluding hydrogens is 655 g/mol. The Morgan fingerprint density at radius 3 is 1.57 bits per heavy atom. The van der Waals surface area contributed by atoms with Gasteiger partial charge in [0.25, 0.3) is 0 Å². The van der Waals surface area contributed by atoms with Gasteiger partial charge < -0.3 is 9.32 Å². The largest absolute Gasteiger partial charge is 0.456 e. The number of furan rings is 1. The standard InChI is InChI=1S/C52H35NO/c1-5-15-36(16-6-1)41-25-29-50(47(31-41)38-19-9-3-10-20-38)53(43-23-11-4-12-24-43)44-27-28-45(46(35-44)37-17-7-2-8-18-37)42-26-30-51-48(33-42)49-32-39-21-13-14-22-40(39)34-52(49)54-51/h1-35H. The Kier molecular flexibility index (Phi) is 7.85. The molecule has 1 aromatic heterocycles. The summed E-state index contributed by atoms with van der Waals surface area (Å²) in [5, 5.41) is 4.64. The van der Waals surface area contributed by atoms with Gasteiger partial charge in [0.2, 0.25) is 0 Å². The monoisotopic (exact) mass is 689 g/mol. The summed E-state index contributed by atoms with van der Waals surface area (Å²) in [5.41, 5.74) is 14.4. The molecule has 2 heteroatoms. The number of anilines is 3. The van der Waals surface area contributed by atoms with Crippen molar-refractivity contribution in [3.63, 3.8) is 0 Å². The van der Waals surface area contributed by atoms with E-state index in [0.29, 0.717) is 0 Å². The second kappa shape index (κ2) is 13.4. The maximum absolute atomic E-state index is 6.39. The van der Waals surface area contributed by atoms with Crippen molar-refractivity contribution in [3.05, 3.63) is 212 Å². The average Bonchev–Trinajstić information content (AvgIpc) is 3.61. The molecule has 0 aliphatic rings. The Labute approximate surface area is 314 Å². The predicted octanol–water partition coefficient (Wildman–Crippen LogP) is 14.9. The smallest absolute Gasteiger partial charge is 0.136 e. The fraction of sp³-hybridized carbons (Fsp3) is 0. The molecule has 0 unspecified atom stereocenters. The van der Waals surface area contributed by atoms with Crippen LogP contribution in [0.3, 0.4) is 0 Å². The minimum Gasteiger partial charge on any atom is -0.456 e. The number of nitrogens with zero attached hydrogens (tertiary/aromatic N) is 1. The molecule has 254 valence electrons. The molecule has 0 aliphatic heterocycles. The lowest BCUT2D eigenvalue weighted by Crippen LogP contribution is -2.11. The van der Waals surface area contributed by atoms with E-state index in [1.54, 1.807) is 0 Å². The molecule has 0 saturated heterocycles. The fourth-order valence-corrected chi connectivity index (χ4v) is 7.80. The van der Waals surface area contributed by atoms with E-state index >= 15 is 0 Å². The van der Waals surface area contributed by atoms with Crippen molar-refractivity contribution in [1.29, 1.82) is 0 Å². The molecule has 0 aliphatic carbocycles. The van der Waals surface area contributed by atoms with Gasteiger partial charge in [-0.25, -0.2) is 0 Å². The van der Waals surface area contributed by atoms with Crippen molar-refractivity contribution < 1.29 is 4.42 Å². The minimum atomic E-state index is 0.893. The third-order valence-electron chi connectivity index (χ3n) is 10.4. The lowest BCUT2D eigenvalue weighted by Gasteiger charge is -2.29. The van der Waals surface area contributed by atoms with Crippen molar-refractivity contribution in [2.24, 2.45) is 0 Å². The molecule has 0 spiro atoms. The van der Waals surface area contributed by atoms with Crippen molar-refractivity contribution in [2.75, 3.05) is 4.90 Å². The Bertz CT molecular complexity index is 2910. The summed E-state index contributed by atoms with van der Waals surface area (Å²) < 4.78 is 6.39. The van der Waals surface area contributed by atoms with Gasteiger partial charge in [-0.15, -0.1) is 0 Å². The third kappa shape index (κ3) is 5.71. The molecule has 10 rings (SSSR count). The Hall–Kier alpha value is -7.16. The molecule has 54 heavy (non-hydrogen) atoms. The predicted molar refractivity (Wildman–Crippen MR) is 228 cm³/mol. The Morgan fingerprint density at radius 2 is 0.870 bits per heavy atom. The highest BCUT2D eigenvalue weighted by Gasteiger charge is 2.21. The van der Waals surface area contributed by atoms with Gasteiger partial charge in [0, 0.05) is 27.7 Å². The molecule has 0 amide bonds. The third-order valence-corrected chi connectivity index (χ3v) is 10.4. The molecule has 0 N–H and O–H groups in total. The van der Waals surface area contributed by atoms with E-state index in [2.05, 4.69) is 217 Å². The van der Waals surface area contributed by atoms with Crippen molar-refractivity contribution in [2.45, 2.75) is 0 Å². The highest BCUT2D eigenvalue weighted by molar-refractivity contribution is 6.11. The Morgan fingerprint density at radius 1 is 0.296 bits per heavy atom. The molecule has 10 aromatic rings. The average molecular weight is 690 g/mol. The lowest BCUT2D eigenvalue weighted by molar-refractivity contribution is 0.669. The zero-order chi connectivity index (χ0) is 35.8. The lowest BCUT2D eigenvalue weighted by atomic mass is 9.92. The maximum Gasteiger partial charge on any atom is 0.136 e. The minimum absolute atomic E-state index is 0.893. The highest BCUT2D eigenvalue weighted by Crippen LogP contribution is 2.45. The summed E-state index contributed by atoms with van der Waals surface area (Å²) in [6, 6.07) is 76.0. The van der Waals surface area contributed by atoms with E-state index in [1.807, 2.05) is 0 Å². The molecule has 0 bridgehead atoms. The summed E-state index contributed by atoms with van der Waals surface area (Å²) in [6.45, 7) is 0. The summed E-state index contributed by atoms with van der Waals surface area (Å²) in [4.78, 5) is 2.39. The fourth-order valence-electron chi connectivity index (χ4n) is 7.80. The van der Waals surface area contributed by atoms with Crippen LogP contribution in [-0.4, -0.2) is 0 Å². The molecule has 0 fully saturated rings. The molecule has 0 atom stereocenters. The zero-order valence-corrected chi connectivity index (χ0v) is 29.6. The first kappa shape index (κ1) is 31.6. The second-order valence-electron chi connectivity index (χ2n) is 13.7. The highest BCUT2D eigenvalue weighted by atomic mass is 16.3. The van der Waals surface area contributed by atoms with Gasteiger partial charge in [-0.05, 0) is 110 Å². The van der Waals surface area contributed by atoms with E-state index in [9.17, 15) is 0 Å². The SMILES string of the molecule is c1ccc(-c2ccc(N(c3ccccc3)c3ccc(-c4ccc5oc6cc7ccccc7cc6c5c4)c(-c4ccccc4)c3)c(-c3ccccc3)c2)cc1. The number of rotatable bonds is 7. The van der Waals surface area contributed by atoms with Gasteiger partial charge in [0.1, 0.15) is 11.2 Å². The number of benzene rings is 9. The van der Waals surface area contributed by atoms with Crippen LogP contribution in [0, 0.1) is 0 Å². The van der Waals surface area contributed by atoms with E-state index in [1.165, 1.54) is 27.5 Å². The normalized spacial score (nSPS) is 11.3. The van der Waals surface area contributed by atoms with Gasteiger partial charge in [-0.2, -0.15) is 0 Å². The number of para-hydroxylation sites is 1. The van der Waals surface area contributed by atoms with Crippen molar-refractivity contribution in [3.8, 4) is 44.5 Å². The zero-order valence-electron chi connectivity index (χ0n) is 29.6. The number of hydrogen-bond donors (Lipinski definition) is 0. The van der Waals surface area contributed by atoms with Crippen LogP contribution in [0.25, 0.3) is 77.2 Å². The molecule has 0 saturated carbocycles. The van der Waals surface area contributed by atoms with Crippen LogP contribution in [0.2, 0.25) is 0 Å². The molecule has 0 radical (unpaired) electrons. The summed E-state index contributed by atoms with van der Waals surface area (Å²) in [6.07, 6.45) is 0. The van der Waals surface area contributed by atoms with E-state index in [0.717, 1.165) is 66.8 Å². The van der Waals surface area contributed by atoms with Gasteiger partial charge >= 0.3 is 0 Å². The number of hydrogen-bond acceptors (Lipinski definition) is 2. The quantitative estimate of drug-likeness (QED) is 0.166. The molecular formula is C52H35NO. The van der Waals surface area contributed by atoms with E-state index in [4.69, 9.17) is 4.42 Å². The summed E-state index contributed by atoms with van der Waals surface area (Å²) in [7, 11) is 0. The van der Waals surface area contributed by atoms with Crippen LogP contribution in [0.4, 0.5) is 17.1 Å². The van der Waals surface area contributed by atoms with Crippen LogP contribution in [0.5, 0.6) is 0 Å². The van der Waals surface area contributed by atoms with Crippen LogP contribution in [-0.2, 0) is 0 Å². The molecule has 2 nitrogen and oxygen atoms in total. The van der Waals surface area contributed by atoms with E-state index in [-0.39, 0.29) is 0 Å². The van der Waals surface area contributed by atoms with Crippen LogP contribution in [0.1, 0.15) is 0 Å². The summed E-state index contributed by atoms with van der Waals surface area (Å²) >= 11 is 0. The van der Waals surface area contributed by atoms with Crippen molar-refractivity contribution in [1.82, 2.24) is 0 Å². The first-order valence-corrected chi connectivity index (χ1v) is 18.4. The first-order valence-electron chi connectivity index (χ1n) is 18.4. The van der Waals surface area contributed by atoms with Gasteiger partial charge in [0.15, 0.2) is 0 Å². The van der Waals surface area contributed by atoms with Crippen LogP contribution >= 0.6 is 0 Å². The van der Waals surface area contributed by atoms with Crippen LogP contribution < -0.4 is 4.90 Å². The second-order valence-corrected chi connectivity index (χ2v) is 13.7. The maximum atomic E-state index is 6.39. The van der Waals surface area contributed by atoms with E-state index < -0.39 is 0 Å².